The van der Waals surface area contributed by atoms with Gasteiger partial charge in [-0.15, -0.1) is 24.0 Å². The predicted octanol–water partition coefficient (Wildman–Crippen LogP) is 2.19. The number of esters is 1. The Balaban J connectivity index is 0.00000312. The fourth-order valence-corrected chi connectivity index (χ4v) is 3.41. The Kier molecular flexibility index (Phi) is 10.1. The van der Waals surface area contributed by atoms with Gasteiger partial charge in [0.25, 0.3) is 0 Å². The molecule has 6 nitrogen and oxygen atoms in total. The summed E-state index contributed by atoms with van der Waals surface area (Å²) in [5.41, 5.74) is 0. The molecule has 1 atom stereocenters. The smallest absolute Gasteiger partial charge is 0.309 e. The highest BCUT2D eigenvalue weighted by Crippen LogP contribution is 2.34. The number of nitrogens with zero attached hydrogens (tertiary/aromatic N) is 3. The van der Waals surface area contributed by atoms with Crippen LogP contribution in [0.25, 0.3) is 0 Å². The summed E-state index contributed by atoms with van der Waals surface area (Å²) in [6, 6.07) is 0.538. The number of hydrogen-bond donors (Lipinski definition) is 1. The van der Waals surface area contributed by atoms with E-state index in [2.05, 4.69) is 36.1 Å². The molecule has 1 heterocycles. The van der Waals surface area contributed by atoms with Gasteiger partial charge in [0.2, 0.25) is 0 Å². The number of piperidine rings is 1. The SMILES string of the molecule is CCNC(=NCC(C1CC1)N(C)C)N1CCC(C(=O)OCC)CC1.I. The van der Waals surface area contributed by atoms with Gasteiger partial charge in [-0.2, -0.15) is 0 Å². The highest BCUT2D eigenvalue weighted by atomic mass is 127. The lowest BCUT2D eigenvalue weighted by Crippen LogP contribution is -2.47. The Morgan fingerprint density at radius 2 is 1.88 bits per heavy atom. The van der Waals surface area contributed by atoms with E-state index in [0.717, 1.165) is 50.9 Å². The van der Waals surface area contributed by atoms with E-state index in [9.17, 15) is 4.79 Å². The number of carbonyl (C=O) groups excluding carboxylic acids is 1. The first-order valence-corrected chi connectivity index (χ1v) is 9.43. The van der Waals surface area contributed by atoms with E-state index in [0.29, 0.717) is 12.6 Å². The summed E-state index contributed by atoms with van der Waals surface area (Å²) in [7, 11) is 4.30. The Hall–Kier alpha value is -0.570. The van der Waals surface area contributed by atoms with Crippen LogP contribution >= 0.6 is 24.0 Å². The average Bonchev–Trinajstić information content (AvgIpc) is 3.39. The molecule has 0 radical (unpaired) electrons. The van der Waals surface area contributed by atoms with Gasteiger partial charge in [-0.1, -0.05) is 0 Å². The first-order valence-electron chi connectivity index (χ1n) is 9.43. The maximum Gasteiger partial charge on any atom is 0.309 e. The molecule has 0 bridgehead atoms. The third-order valence-electron chi connectivity index (χ3n) is 5.01. The minimum Gasteiger partial charge on any atom is -0.466 e. The van der Waals surface area contributed by atoms with Crippen molar-refractivity contribution in [2.45, 2.75) is 45.6 Å². The van der Waals surface area contributed by atoms with E-state index in [1.165, 1.54) is 12.8 Å². The lowest BCUT2D eigenvalue weighted by Gasteiger charge is -2.33. The first-order chi connectivity index (χ1) is 11.6. The molecule has 0 spiro atoms. The quantitative estimate of drug-likeness (QED) is 0.270. The van der Waals surface area contributed by atoms with Crippen LogP contribution in [0.1, 0.15) is 39.5 Å². The molecular formula is C18H35IN4O2. The number of carbonyl (C=O) groups is 1. The summed E-state index contributed by atoms with van der Waals surface area (Å²) in [5, 5.41) is 3.42. The van der Waals surface area contributed by atoms with E-state index in [4.69, 9.17) is 9.73 Å². The Morgan fingerprint density at radius 3 is 2.36 bits per heavy atom. The number of nitrogens with one attached hydrogen (secondary N) is 1. The molecule has 7 heteroatoms. The van der Waals surface area contributed by atoms with Crippen LogP contribution in [0, 0.1) is 11.8 Å². The first kappa shape index (κ1) is 22.5. The van der Waals surface area contributed by atoms with Crippen LogP contribution in [-0.2, 0) is 9.53 Å². The minimum atomic E-state index is -0.0412. The van der Waals surface area contributed by atoms with Gasteiger partial charge in [-0.3, -0.25) is 9.79 Å². The molecule has 2 rings (SSSR count). The zero-order valence-electron chi connectivity index (χ0n) is 16.2. The molecule has 1 unspecified atom stereocenters. The highest BCUT2D eigenvalue weighted by Gasteiger charge is 2.33. The van der Waals surface area contributed by atoms with Gasteiger partial charge in [0.15, 0.2) is 5.96 Å². The Bertz CT molecular complexity index is 431. The number of rotatable bonds is 7. The summed E-state index contributed by atoms with van der Waals surface area (Å²) < 4.78 is 5.15. The van der Waals surface area contributed by atoms with Crippen molar-refractivity contribution in [1.82, 2.24) is 15.1 Å². The lowest BCUT2D eigenvalue weighted by atomic mass is 9.97. The van der Waals surface area contributed by atoms with Crippen LogP contribution in [0.3, 0.4) is 0 Å². The summed E-state index contributed by atoms with van der Waals surface area (Å²) >= 11 is 0. The summed E-state index contributed by atoms with van der Waals surface area (Å²) in [6.07, 6.45) is 4.37. The van der Waals surface area contributed by atoms with Gasteiger partial charge in [-0.25, -0.2) is 0 Å². The number of hydrogen-bond acceptors (Lipinski definition) is 4. The van der Waals surface area contributed by atoms with Gasteiger partial charge >= 0.3 is 5.97 Å². The largest absolute Gasteiger partial charge is 0.466 e. The second kappa shape index (κ2) is 11.2. The molecule has 1 saturated carbocycles. The van der Waals surface area contributed by atoms with Crippen molar-refractivity contribution in [3.63, 3.8) is 0 Å². The van der Waals surface area contributed by atoms with Gasteiger partial charge in [0, 0.05) is 25.7 Å². The summed E-state index contributed by atoms with van der Waals surface area (Å²) in [6.45, 7) is 7.88. The second-order valence-corrected chi connectivity index (χ2v) is 7.08. The molecule has 25 heavy (non-hydrogen) atoms. The predicted molar refractivity (Wildman–Crippen MR) is 113 cm³/mol. The fraction of sp³-hybridized carbons (Fsp3) is 0.889. The summed E-state index contributed by atoms with van der Waals surface area (Å²) in [4.78, 5) is 21.4. The van der Waals surface area contributed by atoms with E-state index in [1.807, 2.05) is 6.92 Å². The topological polar surface area (TPSA) is 57.2 Å². The molecule has 1 N–H and O–H groups in total. The van der Waals surface area contributed by atoms with E-state index >= 15 is 0 Å². The fourth-order valence-electron chi connectivity index (χ4n) is 3.41. The molecule has 1 saturated heterocycles. The molecule has 0 aromatic heterocycles. The molecule has 1 aliphatic carbocycles. The number of guanidine groups is 1. The zero-order chi connectivity index (χ0) is 17.5. The molecule has 146 valence electrons. The van der Waals surface area contributed by atoms with Crippen molar-refractivity contribution in [3.8, 4) is 0 Å². The molecule has 1 aliphatic heterocycles. The second-order valence-electron chi connectivity index (χ2n) is 7.08. The van der Waals surface area contributed by atoms with E-state index < -0.39 is 0 Å². The average molecular weight is 466 g/mol. The monoisotopic (exact) mass is 466 g/mol. The van der Waals surface area contributed by atoms with Crippen LogP contribution in [0.5, 0.6) is 0 Å². The standard InChI is InChI=1S/C18H34N4O2.HI/c1-5-19-18(20-13-16(21(3)4)14-7-8-14)22-11-9-15(10-12-22)17(23)24-6-2;/h14-16H,5-13H2,1-4H3,(H,19,20);1H. The molecule has 0 amide bonds. The van der Waals surface area contributed by atoms with Crippen molar-refractivity contribution in [2.24, 2.45) is 16.8 Å². The normalized spacial score (nSPS) is 20.2. The van der Waals surface area contributed by atoms with Crippen molar-refractivity contribution in [3.05, 3.63) is 0 Å². The van der Waals surface area contributed by atoms with Crippen LogP contribution < -0.4 is 5.32 Å². The number of likely N-dealkylation sites (N-methyl/N-ethyl adjacent to an activating group) is 1. The van der Waals surface area contributed by atoms with E-state index in [1.54, 1.807) is 0 Å². The van der Waals surface area contributed by atoms with Crippen molar-refractivity contribution < 1.29 is 9.53 Å². The lowest BCUT2D eigenvalue weighted by molar-refractivity contribution is -0.149. The Morgan fingerprint density at radius 1 is 1.24 bits per heavy atom. The maximum absolute atomic E-state index is 11.9. The third-order valence-corrected chi connectivity index (χ3v) is 5.01. The van der Waals surface area contributed by atoms with Gasteiger partial charge in [-0.05, 0) is 59.5 Å². The van der Waals surface area contributed by atoms with Crippen LogP contribution in [0.4, 0.5) is 0 Å². The zero-order valence-corrected chi connectivity index (χ0v) is 18.5. The van der Waals surface area contributed by atoms with Crippen molar-refractivity contribution >= 4 is 35.9 Å². The molecule has 0 aromatic carbocycles. The Labute approximate surface area is 169 Å². The van der Waals surface area contributed by atoms with Gasteiger partial charge in [0.05, 0.1) is 19.1 Å². The van der Waals surface area contributed by atoms with Crippen LogP contribution in [-0.4, -0.2) is 74.7 Å². The van der Waals surface area contributed by atoms with Gasteiger partial charge in [0.1, 0.15) is 0 Å². The molecule has 2 aliphatic rings. The number of likely N-dealkylation sites (tertiary alicyclic amines) is 1. The van der Waals surface area contributed by atoms with Crippen molar-refractivity contribution in [2.75, 3.05) is 46.9 Å². The number of ether oxygens (including phenoxy) is 1. The van der Waals surface area contributed by atoms with E-state index in [-0.39, 0.29) is 35.9 Å². The van der Waals surface area contributed by atoms with Crippen molar-refractivity contribution in [1.29, 1.82) is 0 Å². The molecule has 2 fully saturated rings. The highest BCUT2D eigenvalue weighted by molar-refractivity contribution is 14.0. The minimum absolute atomic E-state index is 0. The van der Waals surface area contributed by atoms with Gasteiger partial charge < -0.3 is 19.9 Å². The van der Waals surface area contributed by atoms with Crippen LogP contribution in [0.2, 0.25) is 0 Å². The number of aliphatic imine (C=N–C) groups is 1. The number of halogens is 1. The summed E-state index contributed by atoms with van der Waals surface area (Å²) in [5.74, 6) is 1.80. The maximum atomic E-state index is 11.9. The van der Waals surface area contributed by atoms with Crippen LogP contribution in [0.15, 0.2) is 4.99 Å². The molecular weight excluding hydrogens is 431 g/mol. The third kappa shape index (κ3) is 6.92. The molecule has 0 aromatic rings.